The van der Waals surface area contributed by atoms with Crippen molar-refractivity contribution in [3.63, 3.8) is 0 Å². The van der Waals surface area contributed by atoms with E-state index in [-0.39, 0.29) is 18.9 Å². The van der Waals surface area contributed by atoms with Gasteiger partial charge in [0.15, 0.2) is 6.10 Å². The van der Waals surface area contributed by atoms with E-state index in [1.807, 2.05) is 54.6 Å². The standard InChI is InChI=1S/C25H25N5O4/c1-2-34-25(33)22(31)14-20(27-24(32)19-13-21-23(26-15-19)29-30-28-21)12-16-8-10-18(11-9-16)17-6-4-3-5-7-17/h3-11,13,15,20,22,31H,2,12,14H2,1H3,(H,27,32)(H,26,28,29,30)/t20?,22-/m1/s1. The molecule has 1 amide bonds. The van der Waals surface area contributed by atoms with Crippen molar-refractivity contribution in [1.29, 1.82) is 0 Å². The molecule has 2 heterocycles. The highest BCUT2D eigenvalue weighted by atomic mass is 16.5. The van der Waals surface area contributed by atoms with Gasteiger partial charge in [-0.1, -0.05) is 59.8 Å². The molecule has 2 atom stereocenters. The van der Waals surface area contributed by atoms with Crippen molar-refractivity contribution < 1.29 is 19.4 Å². The highest BCUT2D eigenvalue weighted by molar-refractivity contribution is 5.96. The third-order valence-corrected chi connectivity index (χ3v) is 5.39. The Morgan fingerprint density at radius 2 is 1.82 bits per heavy atom. The second kappa shape index (κ2) is 10.7. The normalized spacial score (nSPS) is 12.8. The van der Waals surface area contributed by atoms with Crippen LogP contribution in [-0.2, 0) is 16.0 Å². The molecule has 4 rings (SSSR count). The van der Waals surface area contributed by atoms with Crippen LogP contribution in [0.15, 0.2) is 66.9 Å². The topological polar surface area (TPSA) is 130 Å². The third-order valence-electron chi connectivity index (χ3n) is 5.39. The summed E-state index contributed by atoms with van der Waals surface area (Å²) in [5.74, 6) is -1.10. The Morgan fingerprint density at radius 1 is 1.09 bits per heavy atom. The predicted octanol–water partition coefficient (Wildman–Crippen LogP) is 2.68. The molecule has 0 bridgehead atoms. The van der Waals surface area contributed by atoms with E-state index < -0.39 is 18.1 Å². The molecule has 0 spiro atoms. The summed E-state index contributed by atoms with van der Waals surface area (Å²) in [6, 6.07) is 19.1. The van der Waals surface area contributed by atoms with E-state index in [0.29, 0.717) is 23.1 Å². The fourth-order valence-electron chi connectivity index (χ4n) is 3.68. The first-order valence-corrected chi connectivity index (χ1v) is 11.0. The number of aromatic amines is 1. The average molecular weight is 460 g/mol. The molecule has 0 aliphatic rings. The number of rotatable bonds is 9. The number of hydrogen-bond donors (Lipinski definition) is 3. The smallest absolute Gasteiger partial charge is 0.335 e. The van der Waals surface area contributed by atoms with E-state index in [4.69, 9.17) is 4.74 Å². The Kier molecular flexibility index (Phi) is 7.24. The van der Waals surface area contributed by atoms with Gasteiger partial charge in [-0.25, -0.2) is 9.78 Å². The van der Waals surface area contributed by atoms with Crippen LogP contribution in [0.1, 0.15) is 29.3 Å². The van der Waals surface area contributed by atoms with Crippen LogP contribution < -0.4 is 5.32 Å². The maximum absolute atomic E-state index is 12.9. The second-order valence-electron chi connectivity index (χ2n) is 7.85. The number of aromatic nitrogens is 4. The van der Waals surface area contributed by atoms with Gasteiger partial charge >= 0.3 is 5.97 Å². The summed E-state index contributed by atoms with van der Waals surface area (Å²) in [5, 5.41) is 23.4. The molecule has 174 valence electrons. The van der Waals surface area contributed by atoms with Crippen molar-refractivity contribution in [2.24, 2.45) is 0 Å². The molecule has 0 aliphatic carbocycles. The first-order valence-electron chi connectivity index (χ1n) is 11.0. The lowest BCUT2D eigenvalue weighted by atomic mass is 9.97. The lowest BCUT2D eigenvalue weighted by Gasteiger charge is -2.21. The number of amides is 1. The molecule has 3 N–H and O–H groups in total. The Balaban J connectivity index is 1.51. The number of ether oxygens (including phenoxy) is 1. The summed E-state index contributed by atoms with van der Waals surface area (Å²) < 4.78 is 4.92. The minimum Gasteiger partial charge on any atom is -0.464 e. The van der Waals surface area contributed by atoms with Crippen molar-refractivity contribution in [1.82, 2.24) is 25.7 Å². The third kappa shape index (κ3) is 5.62. The van der Waals surface area contributed by atoms with Crippen LogP contribution in [0.5, 0.6) is 0 Å². The number of H-pyrrole nitrogens is 1. The number of pyridine rings is 1. The monoisotopic (exact) mass is 459 g/mol. The Hall–Kier alpha value is -4.11. The van der Waals surface area contributed by atoms with Gasteiger partial charge in [0.1, 0.15) is 5.52 Å². The molecule has 2 aromatic carbocycles. The van der Waals surface area contributed by atoms with Crippen molar-refractivity contribution >= 4 is 23.0 Å². The number of benzene rings is 2. The van der Waals surface area contributed by atoms with E-state index in [1.54, 1.807) is 13.0 Å². The summed E-state index contributed by atoms with van der Waals surface area (Å²) in [4.78, 5) is 29.0. The molecule has 0 aliphatic heterocycles. The van der Waals surface area contributed by atoms with Gasteiger partial charge in [0, 0.05) is 18.7 Å². The number of fused-ring (bicyclic) bond motifs is 1. The molecule has 0 saturated heterocycles. The van der Waals surface area contributed by atoms with Crippen LogP contribution in [-0.4, -0.2) is 56.1 Å². The number of hydrogen-bond acceptors (Lipinski definition) is 7. The first kappa shape index (κ1) is 23.1. The van der Waals surface area contributed by atoms with Gasteiger partial charge in [-0.2, -0.15) is 0 Å². The molecular weight excluding hydrogens is 434 g/mol. The predicted molar refractivity (Wildman–Crippen MR) is 126 cm³/mol. The number of carbonyl (C=O) groups excluding carboxylic acids is 2. The summed E-state index contributed by atoms with van der Waals surface area (Å²) in [6.07, 6.45) is 0.477. The SMILES string of the molecule is CCOC(=O)[C@H](O)CC(Cc1ccc(-c2ccccc2)cc1)NC(=O)c1cnc2nn[nH]c2c1. The van der Waals surface area contributed by atoms with Gasteiger partial charge in [0.05, 0.1) is 12.2 Å². The maximum Gasteiger partial charge on any atom is 0.335 e. The summed E-state index contributed by atoms with van der Waals surface area (Å²) in [7, 11) is 0. The number of nitrogens with one attached hydrogen (secondary N) is 2. The number of nitrogens with zero attached hydrogens (tertiary/aromatic N) is 3. The van der Waals surface area contributed by atoms with Crippen molar-refractivity contribution in [2.75, 3.05) is 6.61 Å². The van der Waals surface area contributed by atoms with Gasteiger partial charge in [0.2, 0.25) is 5.65 Å². The Bertz CT molecular complexity index is 1260. The molecule has 9 nitrogen and oxygen atoms in total. The Morgan fingerprint density at radius 3 is 2.56 bits per heavy atom. The molecule has 4 aromatic rings. The molecule has 0 saturated carbocycles. The largest absolute Gasteiger partial charge is 0.464 e. The molecule has 34 heavy (non-hydrogen) atoms. The fraction of sp³-hybridized carbons (Fsp3) is 0.240. The lowest BCUT2D eigenvalue weighted by molar-refractivity contribution is -0.153. The molecule has 0 radical (unpaired) electrons. The van der Waals surface area contributed by atoms with E-state index >= 15 is 0 Å². The maximum atomic E-state index is 12.9. The van der Waals surface area contributed by atoms with Crippen LogP contribution in [0.25, 0.3) is 22.3 Å². The zero-order valence-corrected chi connectivity index (χ0v) is 18.6. The van der Waals surface area contributed by atoms with E-state index in [1.165, 1.54) is 6.20 Å². The van der Waals surface area contributed by atoms with Crippen LogP contribution in [0, 0.1) is 0 Å². The first-order chi connectivity index (χ1) is 16.5. The molecule has 9 heteroatoms. The van der Waals surface area contributed by atoms with Gasteiger partial charge in [-0.3, -0.25) is 9.89 Å². The highest BCUT2D eigenvalue weighted by Crippen LogP contribution is 2.20. The van der Waals surface area contributed by atoms with Crippen molar-refractivity contribution in [3.05, 3.63) is 78.0 Å². The Labute approximate surface area is 196 Å². The van der Waals surface area contributed by atoms with Gasteiger partial charge in [-0.15, -0.1) is 5.10 Å². The van der Waals surface area contributed by atoms with Crippen LogP contribution in [0.2, 0.25) is 0 Å². The minimum atomic E-state index is -1.36. The van der Waals surface area contributed by atoms with Crippen LogP contribution in [0.3, 0.4) is 0 Å². The van der Waals surface area contributed by atoms with E-state index in [9.17, 15) is 14.7 Å². The lowest BCUT2D eigenvalue weighted by Crippen LogP contribution is -2.41. The molecule has 1 unspecified atom stereocenters. The number of aliphatic hydroxyl groups excluding tert-OH is 1. The quantitative estimate of drug-likeness (QED) is 0.328. The minimum absolute atomic E-state index is 0.00625. The fourth-order valence-corrected chi connectivity index (χ4v) is 3.68. The second-order valence-corrected chi connectivity index (χ2v) is 7.85. The van der Waals surface area contributed by atoms with Gasteiger partial charge in [0.25, 0.3) is 5.91 Å². The summed E-state index contributed by atoms with van der Waals surface area (Å²) in [6.45, 7) is 1.84. The summed E-state index contributed by atoms with van der Waals surface area (Å²) in [5.41, 5.74) is 4.38. The zero-order chi connectivity index (χ0) is 23.9. The highest BCUT2D eigenvalue weighted by Gasteiger charge is 2.24. The number of carbonyl (C=O) groups is 2. The van der Waals surface area contributed by atoms with Crippen LogP contribution in [0.4, 0.5) is 0 Å². The number of esters is 1. The van der Waals surface area contributed by atoms with Gasteiger partial charge in [-0.05, 0) is 36.1 Å². The van der Waals surface area contributed by atoms with E-state index in [0.717, 1.165) is 16.7 Å². The molecule has 0 fully saturated rings. The van der Waals surface area contributed by atoms with Crippen molar-refractivity contribution in [2.45, 2.75) is 31.9 Å². The summed E-state index contributed by atoms with van der Waals surface area (Å²) >= 11 is 0. The van der Waals surface area contributed by atoms with Crippen LogP contribution >= 0.6 is 0 Å². The van der Waals surface area contributed by atoms with Crippen molar-refractivity contribution in [3.8, 4) is 11.1 Å². The number of aliphatic hydroxyl groups is 1. The molecule has 2 aromatic heterocycles. The zero-order valence-electron chi connectivity index (χ0n) is 18.6. The van der Waals surface area contributed by atoms with E-state index in [2.05, 4.69) is 25.7 Å². The van der Waals surface area contributed by atoms with Gasteiger partial charge < -0.3 is 15.2 Å². The average Bonchev–Trinajstić information content (AvgIpc) is 3.33. The molecular formula is C25H25N5O4.